The zero-order chi connectivity index (χ0) is 12.7. The van der Waals surface area contributed by atoms with Gasteiger partial charge in [-0.25, -0.2) is 14.4 Å². The van der Waals surface area contributed by atoms with Crippen molar-refractivity contribution in [3.63, 3.8) is 0 Å². The molecule has 90 valence electrons. The zero-order valence-electron chi connectivity index (χ0n) is 8.92. The van der Waals surface area contributed by atoms with Crippen molar-refractivity contribution >= 4 is 34.4 Å². The van der Waals surface area contributed by atoms with E-state index in [4.69, 9.17) is 23.2 Å². The summed E-state index contributed by atoms with van der Waals surface area (Å²) in [7, 11) is 0. The highest BCUT2D eigenvalue weighted by Gasteiger charge is 2.12. The number of hydrogen-bond acceptors (Lipinski definition) is 2. The molecule has 0 atom stereocenters. The Morgan fingerprint density at radius 3 is 2.78 bits per heavy atom. The standard InChI is InChI=1S/C12H6Cl2FN3/c13-7-5-8(14)9(15)4-6(7)11-17-10-2-1-3-16-12(10)18-11/h1-5H,(H,16,17,18). The van der Waals surface area contributed by atoms with E-state index in [1.165, 1.54) is 12.1 Å². The summed E-state index contributed by atoms with van der Waals surface area (Å²) in [6.07, 6.45) is 1.64. The Kier molecular flexibility index (Phi) is 2.69. The van der Waals surface area contributed by atoms with Gasteiger partial charge in [-0.1, -0.05) is 23.2 Å². The van der Waals surface area contributed by atoms with Gasteiger partial charge in [0.05, 0.1) is 15.6 Å². The molecule has 0 aliphatic heterocycles. The van der Waals surface area contributed by atoms with Gasteiger partial charge in [-0.15, -0.1) is 0 Å². The predicted octanol–water partition coefficient (Wildman–Crippen LogP) is 4.07. The number of aromatic nitrogens is 3. The summed E-state index contributed by atoms with van der Waals surface area (Å²) < 4.78 is 13.5. The van der Waals surface area contributed by atoms with Crippen LogP contribution in [0.5, 0.6) is 0 Å². The lowest BCUT2D eigenvalue weighted by Gasteiger charge is -2.02. The first kappa shape index (κ1) is 11.4. The van der Waals surface area contributed by atoms with Crippen molar-refractivity contribution in [1.82, 2.24) is 15.0 Å². The van der Waals surface area contributed by atoms with Crippen molar-refractivity contribution in [3.8, 4) is 11.4 Å². The number of rotatable bonds is 1. The molecule has 0 saturated heterocycles. The number of H-pyrrole nitrogens is 1. The lowest BCUT2D eigenvalue weighted by molar-refractivity contribution is 0.628. The number of nitrogens with zero attached hydrogens (tertiary/aromatic N) is 2. The smallest absolute Gasteiger partial charge is 0.178 e. The molecule has 0 fully saturated rings. The van der Waals surface area contributed by atoms with Gasteiger partial charge in [0.1, 0.15) is 11.6 Å². The molecule has 18 heavy (non-hydrogen) atoms. The molecule has 3 aromatic rings. The van der Waals surface area contributed by atoms with E-state index in [0.717, 1.165) is 5.52 Å². The highest BCUT2D eigenvalue weighted by molar-refractivity contribution is 6.36. The number of halogens is 3. The summed E-state index contributed by atoms with van der Waals surface area (Å²) in [4.78, 5) is 11.4. The first-order valence-corrected chi connectivity index (χ1v) is 5.86. The van der Waals surface area contributed by atoms with Crippen LogP contribution in [0.15, 0.2) is 30.5 Å². The van der Waals surface area contributed by atoms with Crippen LogP contribution in [0, 0.1) is 5.82 Å². The van der Waals surface area contributed by atoms with Crippen LogP contribution in [0.4, 0.5) is 4.39 Å². The van der Waals surface area contributed by atoms with Crippen LogP contribution in [0.1, 0.15) is 0 Å². The van der Waals surface area contributed by atoms with E-state index in [0.29, 0.717) is 22.1 Å². The van der Waals surface area contributed by atoms with E-state index in [1.54, 1.807) is 12.3 Å². The van der Waals surface area contributed by atoms with E-state index in [9.17, 15) is 4.39 Å². The molecule has 2 aromatic heterocycles. The Morgan fingerprint density at radius 2 is 2.00 bits per heavy atom. The van der Waals surface area contributed by atoms with E-state index < -0.39 is 5.82 Å². The van der Waals surface area contributed by atoms with Gasteiger partial charge >= 0.3 is 0 Å². The van der Waals surface area contributed by atoms with Crippen molar-refractivity contribution in [3.05, 3.63) is 46.3 Å². The maximum Gasteiger partial charge on any atom is 0.178 e. The summed E-state index contributed by atoms with van der Waals surface area (Å²) in [6.45, 7) is 0. The Balaban J connectivity index is 2.22. The Bertz CT molecular complexity index is 706. The van der Waals surface area contributed by atoms with Crippen molar-refractivity contribution in [1.29, 1.82) is 0 Å². The summed E-state index contributed by atoms with van der Waals surface area (Å²) in [5.41, 5.74) is 1.77. The third-order valence-electron chi connectivity index (χ3n) is 2.52. The van der Waals surface area contributed by atoms with Gasteiger partial charge in [0, 0.05) is 11.8 Å². The molecule has 6 heteroatoms. The van der Waals surface area contributed by atoms with E-state index in [-0.39, 0.29) is 5.02 Å². The van der Waals surface area contributed by atoms with Crippen LogP contribution in [0.25, 0.3) is 22.6 Å². The number of hydrogen-bond donors (Lipinski definition) is 1. The highest BCUT2D eigenvalue weighted by atomic mass is 35.5. The second kappa shape index (κ2) is 4.23. The third kappa shape index (κ3) is 1.83. The first-order chi connectivity index (χ1) is 8.65. The predicted molar refractivity (Wildman–Crippen MR) is 69.3 cm³/mol. The van der Waals surface area contributed by atoms with Gasteiger partial charge in [0.15, 0.2) is 5.65 Å². The molecule has 0 unspecified atom stereocenters. The lowest BCUT2D eigenvalue weighted by Crippen LogP contribution is -1.86. The van der Waals surface area contributed by atoms with Crippen LogP contribution in [-0.2, 0) is 0 Å². The highest BCUT2D eigenvalue weighted by Crippen LogP contribution is 2.31. The number of benzene rings is 1. The minimum atomic E-state index is -0.538. The maximum atomic E-state index is 13.5. The number of nitrogens with one attached hydrogen (secondary N) is 1. The van der Waals surface area contributed by atoms with Crippen LogP contribution in [0.3, 0.4) is 0 Å². The Hall–Kier alpha value is -1.65. The zero-order valence-corrected chi connectivity index (χ0v) is 10.4. The van der Waals surface area contributed by atoms with Crippen LogP contribution < -0.4 is 0 Å². The number of fused-ring (bicyclic) bond motifs is 1. The maximum absolute atomic E-state index is 13.5. The minimum absolute atomic E-state index is 0.0158. The van der Waals surface area contributed by atoms with Crippen molar-refractivity contribution in [2.24, 2.45) is 0 Å². The molecule has 3 rings (SSSR count). The molecular weight excluding hydrogens is 276 g/mol. The second-order valence-electron chi connectivity index (χ2n) is 3.71. The van der Waals surface area contributed by atoms with Crippen LogP contribution in [0.2, 0.25) is 10.0 Å². The molecule has 0 aliphatic carbocycles. The molecule has 0 radical (unpaired) electrons. The number of pyridine rings is 1. The molecule has 0 spiro atoms. The van der Waals surface area contributed by atoms with Gasteiger partial charge in [0.25, 0.3) is 0 Å². The summed E-state index contributed by atoms with van der Waals surface area (Å²) in [6, 6.07) is 6.23. The molecule has 0 saturated carbocycles. The van der Waals surface area contributed by atoms with Gasteiger partial charge in [-0.05, 0) is 24.3 Å². The van der Waals surface area contributed by atoms with Gasteiger partial charge in [0.2, 0.25) is 0 Å². The number of imidazole rings is 1. The van der Waals surface area contributed by atoms with Crippen molar-refractivity contribution < 1.29 is 4.39 Å². The van der Waals surface area contributed by atoms with E-state index in [2.05, 4.69) is 15.0 Å². The average Bonchev–Trinajstić information content (AvgIpc) is 2.77. The van der Waals surface area contributed by atoms with Gasteiger partial charge in [-0.3, -0.25) is 0 Å². The quantitative estimate of drug-likeness (QED) is 0.683. The largest absolute Gasteiger partial charge is 0.337 e. The minimum Gasteiger partial charge on any atom is -0.337 e. The van der Waals surface area contributed by atoms with Crippen LogP contribution >= 0.6 is 23.2 Å². The molecule has 1 aromatic carbocycles. The van der Waals surface area contributed by atoms with Gasteiger partial charge < -0.3 is 4.98 Å². The number of aromatic amines is 1. The van der Waals surface area contributed by atoms with E-state index >= 15 is 0 Å². The second-order valence-corrected chi connectivity index (χ2v) is 4.52. The lowest BCUT2D eigenvalue weighted by atomic mass is 10.2. The summed E-state index contributed by atoms with van der Waals surface area (Å²) >= 11 is 11.7. The normalized spacial score (nSPS) is 11.1. The van der Waals surface area contributed by atoms with Crippen LogP contribution in [-0.4, -0.2) is 15.0 Å². The van der Waals surface area contributed by atoms with E-state index in [1.807, 2.05) is 6.07 Å². The SMILES string of the molecule is Fc1cc(-c2nc3ncccc3[nH]2)c(Cl)cc1Cl. The van der Waals surface area contributed by atoms with Gasteiger partial charge in [-0.2, -0.15) is 0 Å². The molecule has 3 nitrogen and oxygen atoms in total. The monoisotopic (exact) mass is 281 g/mol. The average molecular weight is 282 g/mol. The molecule has 2 heterocycles. The third-order valence-corrected chi connectivity index (χ3v) is 3.12. The fourth-order valence-corrected chi connectivity index (χ4v) is 2.15. The molecule has 1 N–H and O–H groups in total. The Morgan fingerprint density at radius 1 is 1.17 bits per heavy atom. The molecular formula is C12H6Cl2FN3. The molecule has 0 aliphatic rings. The fraction of sp³-hybridized carbons (Fsp3) is 0. The topological polar surface area (TPSA) is 41.6 Å². The Labute approximate surface area is 112 Å². The molecule has 0 bridgehead atoms. The fourth-order valence-electron chi connectivity index (χ4n) is 1.68. The first-order valence-electron chi connectivity index (χ1n) is 5.11. The summed E-state index contributed by atoms with van der Waals surface area (Å²) in [5, 5.41) is 0.318. The summed E-state index contributed by atoms with van der Waals surface area (Å²) in [5.74, 6) is -0.0752. The van der Waals surface area contributed by atoms with Crippen molar-refractivity contribution in [2.75, 3.05) is 0 Å². The van der Waals surface area contributed by atoms with Crippen molar-refractivity contribution in [2.45, 2.75) is 0 Å². The molecule has 0 amide bonds.